The monoisotopic (exact) mass is 349 g/mol. The molecule has 0 bridgehead atoms. The highest BCUT2D eigenvalue weighted by Gasteiger charge is 2.42. The third-order valence-corrected chi connectivity index (χ3v) is 5.18. The zero-order chi connectivity index (χ0) is 17.9. The van der Waals surface area contributed by atoms with Crippen LogP contribution >= 0.6 is 0 Å². The molecule has 2 fully saturated rings. The van der Waals surface area contributed by atoms with E-state index in [-0.39, 0.29) is 24.0 Å². The van der Waals surface area contributed by atoms with E-state index in [0.29, 0.717) is 23.9 Å². The van der Waals surface area contributed by atoms with E-state index in [9.17, 15) is 4.79 Å². The second-order valence-corrected chi connectivity index (χ2v) is 6.88. The number of ether oxygens (including phenoxy) is 4. The van der Waals surface area contributed by atoms with Gasteiger partial charge in [0.05, 0.1) is 46.0 Å². The molecule has 1 amide bonds. The second-order valence-electron chi connectivity index (χ2n) is 6.88. The third-order valence-electron chi connectivity index (χ3n) is 5.18. The van der Waals surface area contributed by atoms with Gasteiger partial charge in [-0.05, 0) is 37.0 Å². The standard InChI is InChI=1S/C19H27NO5/c1-22-15-8-13(9-16(23-2)18(15)24-3)10-17(21)20-14-11-19(25-12-14)6-4-5-7-19/h8-9,14H,4-7,10-12H2,1-3H3,(H,20,21)/t14-/m1/s1. The van der Waals surface area contributed by atoms with Crippen LogP contribution in [-0.4, -0.2) is 45.5 Å². The number of methoxy groups -OCH3 is 3. The van der Waals surface area contributed by atoms with E-state index in [1.165, 1.54) is 12.8 Å². The summed E-state index contributed by atoms with van der Waals surface area (Å²) < 4.78 is 22.0. The van der Waals surface area contributed by atoms with Crippen LogP contribution < -0.4 is 19.5 Å². The van der Waals surface area contributed by atoms with Gasteiger partial charge < -0.3 is 24.3 Å². The van der Waals surface area contributed by atoms with Gasteiger partial charge >= 0.3 is 0 Å². The molecule has 1 heterocycles. The number of nitrogens with one attached hydrogen (secondary N) is 1. The Bertz CT molecular complexity index is 599. The number of rotatable bonds is 6. The molecule has 1 aliphatic carbocycles. The quantitative estimate of drug-likeness (QED) is 0.855. The lowest BCUT2D eigenvalue weighted by Crippen LogP contribution is -2.37. The van der Waals surface area contributed by atoms with E-state index >= 15 is 0 Å². The minimum Gasteiger partial charge on any atom is -0.493 e. The summed E-state index contributed by atoms with van der Waals surface area (Å²) in [6.45, 7) is 0.612. The Morgan fingerprint density at radius 2 is 1.80 bits per heavy atom. The number of carbonyl (C=O) groups is 1. The topological polar surface area (TPSA) is 66.0 Å². The fourth-order valence-electron chi connectivity index (χ4n) is 4.01. The SMILES string of the molecule is COc1cc(CC(=O)N[C@H]2COC3(CCCC3)C2)cc(OC)c1OC. The van der Waals surface area contributed by atoms with E-state index in [0.717, 1.165) is 24.8 Å². The van der Waals surface area contributed by atoms with Crippen molar-refractivity contribution in [2.75, 3.05) is 27.9 Å². The highest BCUT2D eigenvalue weighted by atomic mass is 16.5. The van der Waals surface area contributed by atoms with Crippen molar-refractivity contribution >= 4 is 5.91 Å². The van der Waals surface area contributed by atoms with Crippen LogP contribution in [0.3, 0.4) is 0 Å². The molecular formula is C19H27NO5. The van der Waals surface area contributed by atoms with E-state index in [2.05, 4.69) is 5.32 Å². The summed E-state index contributed by atoms with van der Waals surface area (Å²) in [5.74, 6) is 1.62. The van der Waals surface area contributed by atoms with Gasteiger partial charge in [0.2, 0.25) is 11.7 Å². The van der Waals surface area contributed by atoms with Crippen molar-refractivity contribution in [1.82, 2.24) is 5.32 Å². The smallest absolute Gasteiger partial charge is 0.224 e. The van der Waals surface area contributed by atoms with Crippen LogP contribution in [0.15, 0.2) is 12.1 Å². The van der Waals surface area contributed by atoms with Gasteiger partial charge in [-0.2, -0.15) is 0 Å². The van der Waals surface area contributed by atoms with Crippen molar-refractivity contribution in [1.29, 1.82) is 0 Å². The Hall–Kier alpha value is -1.95. The lowest BCUT2D eigenvalue weighted by molar-refractivity contribution is -0.121. The van der Waals surface area contributed by atoms with Crippen molar-refractivity contribution in [3.05, 3.63) is 17.7 Å². The normalized spacial score (nSPS) is 21.3. The van der Waals surface area contributed by atoms with Gasteiger partial charge in [-0.3, -0.25) is 4.79 Å². The zero-order valence-corrected chi connectivity index (χ0v) is 15.2. The van der Waals surface area contributed by atoms with Crippen LogP contribution in [0.25, 0.3) is 0 Å². The molecule has 6 nitrogen and oxygen atoms in total. The summed E-state index contributed by atoms with van der Waals surface area (Å²) in [7, 11) is 4.70. The Kier molecular flexibility index (Phi) is 5.37. The Balaban J connectivity index is 1.63. The molecule has 1 aliphatic heterocycles. The molecule has 2 aliphatic rings. The highest BCUT2D eigenvalue weighted by molar-refractivity contribution is 5.79. The van der Waals surface area contributed by atoms with Crippen molar-refractivity contribution < 1.29 is 23.7 Å². The molecule has 1 spiro atoms. The number of hydrogen-bond acceptors (Lipinski definition) is 5. The first kappa shape index (κ1) is 17.9. The van der Waals surface area contributed by atoms with Crippen molar-refractivity contribution in [3.8, 4) is 17.2 Å². The number of benzene rings is 1. The lowest BCUT2D eigenvalue weighted by Gasteiger charge is -2.21. The average Bonchev–Trinajstić information content (AvgIpc) is 3.23. The maximum Gasteiger partial charge on any atom is 0.224 e. The summed E-state index contributed by atoms with van der Waals surface area (Å²) in [6, 6.07) is 3.72. The van der Waals surface area contributed by atoms with Gasteiger partial charge in [-0.25, -0.2) is 0 Å². The molecule has 0 radical (unpaired) electrons. The van der Waals surface area contributed by atoms with E-state index < -0.39 is 0 Å². The third kappa shape index (κ3) is 3.84. The number of hydrogen-bond donors (Lipinski definition) is 1. The molecule has 0 unspecified atom stereocenters. The van der Waals surface area contributed by atoms with E-state index in [4.69, 9.17) is 18.9 Å². The maximum absolute atomic E-state index is 12.4. The summed E-state index contributed by atoms with van der Waals surface area (Å²) in [5.41, 5.74) is 0.839. The highest BCUT2D eigenvalue weighted by Crippen LogP contribution is 2.41. The first-order valence-corrected chi connectivity index (χ1v) is 8.81. The fourth-order valence-corrected chi connectivity index (χ4v) is 4.01. The first-order chi connectivity index (χ1) is 12.1. The van der Waals surface area contributed by atoms with Crippen molar-refractivity contribution in [2.24, 2.45) is 0 Å². The summed E-state index contributed by atoms with van der Waals surface area (Å²) in [4.78, 5) is 12.4. The average molecular weight is 349 g/mol. The van der Waals surface area contributed by atoms with Crippen LogP contribution in [0.4, 0.5) is 0 Å². The molecule has 1 saturated heterocycles. The first-order valence-electron chi connectivity index (χ1n) is 8.81. The Morgan fingerprint density at radius 3 is 2.36 bits per heavy atom. The fraction of sp³-hybridized carbons (Fsp3) is 0.632. The Morgan fingerprint density at radius 1 is 1.16 bits per heavy atom. The molecule has 138 valence electrons. The Labute approximate surface area is 148 Å². The number of carbonyl (C=O) groups excluding carboxylic acids is 1. The van der Waals surface area contributed by atoms with Crippen LogP contribution in [0, 0.1) is 0 Å². The second kappa shape index (κ2) is 7.52. The summed E-state index contributed by atoms with van der Waals surface area (Å²) in [5, 5.41) is 3.11. The van der Waals surface area contributed by atoms with Crippen LogP contribution in [0.1, 0.15) is 37.7 Å². The predicted octanol–water partition coefficient (Wildman–Crippen LogP) is 2.47. The molecule has 1 aromatic carbocycles. The molecule has 1 aromatic rings. The van der Waals surface area contributed by atoms with Gasteiger partial charge in [0, 0.05) is 0 Å². The van der Waals surface area contributed by atoms with Crippen molar-refractivity contribution in [2.45, 2.75) is 50.2 Å². The summed E-state index contributed by atoms with van der Waals surface area (Å²) in [6.07, 6.45) is 5.88. The van der Waals surface area contributed by atoms with E-state index in [1.807, 2.05) is 12.1 Å². The zero-order valence-electron chi connectivity index (χ0n) is 15.2. The molecule has 1 saturated carbocycles. The number of amides is 1. The molecule has 6 heteroatoms. The summed E-state index contributed by atoms with van der Waals surface area (Å²) >= 11 is 0. The van der Waals surface area contributed by atoms with Crippen LogP contribution in [0.5, 0.6) is 17.2 Å². The molecule has 3 rings (SSSR count). The minimum atomic E-state index is -0.0158. The van der Waals surface area contributed by atoms with Crippen molar-refractivity contribution in [3.63, 3.8) is 0 Å². The van der Waals surface area contributed by atoms with E-state index in [1.54, 1.807) is 21.3 Å². The largest absolute Gasteiger partial charge is 0.493 e. The predicted molar refractivity (Wildman–Crippen MR) is 93.5 cm³/mol. The van der Waals surface area contributed by atoms with Gasteiger partial charge in [0.15, 0.2) is 11.5 Å². The molecule has 0 aromatic heterocycles. The van der Waals surface area contributed by atoms with Gasteiger partial charge in [0.1, 0.15) is 0 Å². The minimum absolute atomic E-state index is 0.0158. The maximum atomic E-state index is 12.4. The molecule has 25 heavy (non-hydrogen) atoms. The lowest BCUT2D eigenvalue weighted by atomic mass is 9.96. The van der Waals surface area contributed by atoms with Gasteiger partial charge in [-0.15, -0.1) is 0 Å². The van der Waals surface area contributed by atoms with Crippen LogP contribution in [0.2, 0.25) is 0 Å². The van der Waals surface area contributed by atoms with Gasteiger partial charge in [0.25, 0.3) is 0 Å². The van der Waals surface area contributed by atoms with Gasteiger partial charge in [-0.1, -0.05) is 12.8 Å². The molecular weight excluding hydrogens is 322 g/mol. The molecule has 1 atom stereocenters. The van der Waals surface area contributed by atoms with Crippen LogP contribution in [-0.2, 0) is 16.0 Å². The molecule has 1 N–H and O–H groups in total.